The average Bonchev–Trinajstić information content (AvgIpc) is 2.46. The Balaban J connectivity index is 2.07. The first-order valence-electron chi connectivity index (χ1n) is 6.03. The number of anilines is 1. The van der Waals surface area contributed by atoms with Gasteiger partial charge in [0.15, 0.2) is 0 Å². The lowest BCUT2D eigenvalue weighted by atomic mass is 10.2. The summed E-state index contributed by atoms with van der Waals surface area (Å²) < 4.78 is 0. The number of rotatable bonds is 3. The Hall–Kier alpha value is -2.28. The van der Waals surface area contributed by atoms with Crippen molar-refractivity contribution >= 4 is 40.9 Å². The number of amides is 1. The molecule has 0 aliphatic heterocycles. The smallest absolute Gasteiger partial charge is 0.248 e. The summed E-state index contributed by atoms with van der Waals surface area (Å²) >= 11 is 11.9. The van der Waals surface area contributed by atoms with E-state index in [-0.39, 0.29) is 5.91 Å². The van der Waals surface area contributed by atoms with E-state index in [2.05, 4.69) is 5.32 Å². The Labute approximate surface area is 132 Å². The minimum Gasteiger partial charge on any atom is -0.322 e. The Morgan fingerprint density at radius 2 is 1.90 bits per heavy atom. The SMILES string of the molecule is N#Cc1ccc(NC(=O)/C=C/c2ccccc2Cl)cc1Cl. The fraction of sp³-hybridized carbons (Fsp3) is 0. The molecule has 5 heteroatoms. The summed E-state index contributed by atoms with van der Waals surface area (Å²) in [6, 6.07) is 13.9. The van der Waals surface area contributed by atoms with Gasteiger partial charge in [-0.15, -0.1) is 0 Å². The molecule has 1 N–H and O–H groups in total. The Morgan fingerprint density at radius 1 is 1.14 bits per heavy atom. The summed E-state index contributed by atoms with van der Waals surface area (Å²) in [7, 11) is 0. The first kappa shape index (κ1) is 15.1. The molecule has 0 radical (unpaired) electrons. The van der Waals surface area contributed by atoms with Gasteiger partial charge < -0.3 is 5.32 Å². The minimum absolute atomic E-state index is 0.297. The summed E-state index contributed by atoms with van der Waals surface area (Å²) in [5.74, 6) is -0.310. The molecule has 0 aromatic heterocycles. The minimum atomic E-state index is -0.310. The highest BCUT2D eigenvalue weighted by molar-refractivity contribution is 6.32. The van der Waals surface area contributed by atoms with Crippen LogP contribution in [-0.2, 0) is 4.79 Å². The van der Waals surface area contributed by atoms with E-state index in [1.807, 2.05) is 24.3 Å². The number of hydrogen-bond donors (Lipinski definition) is 1. The fourth-order valence-corrected chi connectivity index (χ4v) is 2.06. The second-order valence-corrected chi connectivity index (χ2v) is 4.96. The molecule has 104 valence electrons. The molecule has 0 aliphatic carbocycles. The van der Waals surface area contributed by atoms with Crippen molar-refractivity contribution in [3.8, 4) is 6.07 Å². The van der Waals surface area contributed by atoms with Crippen LogP contribution in [0.5, 0.6) is 0 Å². The number of benzene rings is 2. The summed E-state index contributed by atoms with van der Waals surface area (Å²) in [6.45, 7) is 0. The lowest BCUT2D eigenvalue weighted by Gasteiger charge is -2.03. The normalized spacial score (nSPS) is 10.3. The zero-order chi connectivity index (χ0) is 15.2. The highest BCUT2D eigenvalue weighted by Crippen LogP contribution is 2.20. The third-order valence-electron chi connectivity index (χ3n) is 2.68. The van der Waals surface area contributed by atoms with Crippen molar-refractivity contribution in [2.75, 3.05) is 5.32 Å². The number of nitriles is 1. The maximum atomic E-state index is 11.8. The van der Waals surface area contributed by atoms with Crippen molar-refractivity contribution in [1.82, 2.24) is 0 Å². The summed E-state index contributed by atoms with van der Waals surface area (Å²) in [5.41, 5.74) is 1.64. The van der Waals surface area contributed by atoms with Gasteiger partial charge >= 0.3 is 0 Å². The maximum absolute atomic E-state index is 11.8. The van der Waals surface area contributed by atoms with Crippen LogP contribution in [-0.4, -0.2) is 5.91 Å². The number of carbonyl (C=O) groups is 1. The number of nitrogens with one attached hydrogen (secondary N) is 1. The molecule has 0 fully saturated rings. The van der Waals surface area contributed by atoms with Crippen molar-refractivity contribution in [2.45, 2.75) is 0 Å². The molecule has 0 spiro atoms. The topological polar surface area (TPSA) is 52.9 Å². The van der Waals surface area contributed by atoms with Gasteiger partial charge in [0.2, 0.25) is 5.91 Å². The zero-order valence-corrected chi connectivity index (χ0v) is 12.3. The Morgan fingerprint density at radius 3 is 2.57 bits per heavy atom. The number of hydrogen-bond acceptors (Lipinski definition) is 2. The van der Waals surface area contributed by atoms with Crippen LogP contribution in [0.1, 0.15) is 11.1 Å². The molecule has 1 amide bonds. The molecule has 2 aromatic carbocycles. The predicted octanol–water partition coefficient (Wildman–Crippen LogP) is 4.52. The van der Waals surface area contributed by atoms with Gasteiger partial charge in [0.25, 0.3) is 0 Å². The van der Waals surface area contributed by atoms with Crippen LogP contribution in [0.25, 0.3) is 6.08 Å². The van der Waals surface area contributed by atoms with Gasteiger partial charge in [-0.1, -0.05) is 41.4 Å². The van der Waals surface area contributed by atoms with E-state index in [4.69, 9.17) is 28.5 Å². The van der Waals surface area contributed by atoms with Gasteiger partial charge in [-0.3, -0.25) is 4.79 Å². The molecule has 0 atom stereocenters. The lowest BCUT2D eigenvalue weighted by molar-refractivity contribution is -0.111. The summed E-state index contributed by atoms with van der Waals surface area (Å²) in [6.07, 6.45) is 3.01. The monoisotopic (exact) mass is 316 g/mol. The van der Waals surface area contributed by atoms with Crippen LogP contribution in [0.15, 0.2) is 48.5 Å². The molecule has 2 aromatic rings. The number of nitrogens with zero attached hydrogens (tertiary/aromatic N) is 1. The van der Waals surface area contributed by atoms with Gasteiger partial charge in [0.05, 0.1) is 10.6 Å². The summed E-state index contributed by atoms with van der Waals surface area (Å²) in [5, 5.41) is 12.3. The van der Waals surface area contributed by atoms with E-state index < -0.39 is 0 Å². The van der Waals surface area contributed by atoms with E-state index in [1.165, 1.54) is 12.1 Å². The highest BCUT2D eigenvalue weighted by atomic mass is 35.5. The van der Waals surface area contributed by atoms with E-state index in [0.717, 1.165) is 5.56 Å². The van der Waals surface area contributed by atoms with Crippen molar-refractivity contribution in [2.24, 2.45) is 0 Å². The van der Waals surface area contributed by atoms with E-state index in [1.54, 1.807) is 24.3 Å². The van der Waals surface area contributed by atoms with Gasteiger partial charge in [0.1, 0.15) is 6.07 Å². The second kappa shape index (κ2) is 6.94. The molecule has 0 aliphatic rings. The standard InChI is InChI=1S/C16H10Cl2N2O/c17-14-4-2-1-3-11(14)6-8-16(21)20-13-7-5-12(10-19)15(18)9-13/h1-9H,(H,20,21)/b8-6+. The molecule has 0 unspecified atom stereocenters. The third kappa shape index (κ3) is 4.09. The van der Waals surface area contributed by atoms with Crippen molar-refractivity contribution < 1.29 is 4.79 Å². The van der Waals surface area contributed by atoms with Gasteiger partial charge in [0, 0.05) is 16.8 Å². The van der Waals surface area contributed by atoms with E-state index in [0.29, 0.717) is 21.3 Å². The predicted molar refractivity (Wildman–Crippen MR) is 85.3 cm³/mol. The van der Waals surface area contributed by atoms with Crippen LogP contribution in [0.4, 0.5) is 5.69 Å². The highest BCUT2D eigenvalue weighted by Gasteiger charge is 2.03. The van der Waals surface area contributed by atoms with Crippen molar-refractivity contribution in [3.05, 3.63) is 69.7 Å². The van der Waals surface area contributed by atoms with E-state index >= 15 is 0 Å². The zero-order valence-electron chi connectivity index (χ0n) is 10.8. The van der Waals surface area contributed by atoms with Crippen molar-refractivity contribution in [3.63, 3.8) is 0 Å². The molecule has 0 bridgehead atoms. The van der Waals surface area contributed by atoms with E-state index in [9.17, 15) is 4.79 Å². The molecular formula is C16H10Cl2N2O. The van der Waals surface area contributed by atoms with Gasteiger partial charge in [-0.05, 0) is 35.9 Å². The molecule has 0 saturated carbocycles. The molecule has 0 heterocycles. The molecule has 2 rings (SSSR count). The Bertz CT molecular complexity index is 748. The van der Waals surface area contributed by atoms with Crippen molar-refractivity contribution in [1.29, 1.82) is 5.26 Å². The molecule has 21 heavy (non-hydrogen) atoms. The van der Waals surface area contributed by atoms with Crippen LogP contribution >= 0.6 is 23.2 Å². The van der Waals surface area contributed by atoms with Crippen LogP contribution in [0, 0.1) is 11.3 Å². The molecular weight excluding hydrogens is 307 g/mol. The van der Waals surface area contributed by atoms with Gasteiger partial charge in [-0.2, -0.15) is 5.26 Å². The second-order valence-electron chi connectivity index (χ2n) is 4.15. The molecule has 3 nitrogen and oxygen atoms in total. The quantitative estimate of drug-likeness (QED) is 0.846. The fourth-order valence-electron chi connectivity index (χ4n) is 1.64. The Kier molecular flexibility index (Phi) is 4.99. The largest absolute Gasteiger partial charge is 0.322 e. The summed E-state index contributed by atoms with van der Waals surface area (Å²) in [4.78, 5) is 11.8. The maximum Gasteiger partial charge on any atom is 0.248 e. The molecule has 0 saturated heterocycles. The first-order valence-corrected chi connectivity index (χ1v) is 6.79. The number of halogens is 2. The first-order chi connectivity index (χ1) is 10.1. The average molecular weight is 317 g/mol. The van der Waals surface area contributed by atoms with Gasteiger partial charge in [-0.25, -0.2) is 0 Å². The third-order valence-corrected chi connectivity index (χ3v) is 3.33. The van der Waals surface area contributed by atoms with Crippen LogP contribution in [0.3, 0.4) is 0 Å². The number of carbonyl (C=O) groups excluding carboxylic acids is 1. The van der Waals surface area contributed by atoms with Crippen LogP contribution < -0.4 is 5.32 Å². The van der Waals surface area contributed by atoms with Crippen LogP contribution in [0.2, 0.25) is 10.0 Å². The lowest BCUT2D eigenvalue weighted by Crippen LogP contribution is -2.07.